The summed E-state index contributed by atoms with van der Waals surface area (Å²) < 4.78 is 0. The predicted molar refractivity (Wildman–Crippen MR) is 50.6 cm³/mol. The van der Waals surface area contributed by atoms with Gasteiger partial charge >= 0.3 is 0 Å². The third kappa shape index (κ3) is 1.98. The summed E-state index contributed by atoms with van der Waals surface area (Å²) >= 11 is 0. The lowest BCUT2D eigenvalue weighted by Crippen LogP contribution is -2.28. The third-order valence-electron chi connectivity index (χ3n) is 3.65. The van der Waals surface area contributed by atoms with Gasteiger partial charge in [0.2, 0.25) is 0 Å². The molecule has 0 bridgehead atoms. The Hall–Kier alpha value is 0. The van der Waals surface area contributed by atoms with E-state index in [9.17, 15) is 0 Å². The van der Waals surface area contributed by atoms with Crippen LogP contribution in [0.15, 0.2) is 0 Å². The summed E-state index contributed by atoms with van der Waals surface area (Å²) in [5.74, 6) is 0.969. The molecule has 1 aliphatic carbocycles. The van der Waals surface area contributed by atoms with Crippen molar-refractivity contribution in [1.29, 1.82) is 0 Å². The number of hydrogen-bond donors (Lipinski definition) is 0. The van der Waals surface area contributed by atoms with E-state index in [2.05, 4.69) is 20.8 Å². The molecule has 0 nitrogen and oxygen atoms in total. The summed E-state index contributed by atoms with van der Waals surface area (Å²) in [5, 5.41) is 0. The number of rotatable bonds is 2. The topological polar surface area (TPSA) is 0 Å². The van der Waals surface area contributed by atoms with Crippen molar-refractivity contribution >= 4 is 0 Å². The highest BCUT2D eigenvalue weighted by Gasteiger charge is 2.32. The molecule has 0 amide bonds. The first-order valence-corrected chi connectivity index (χ1v) is 5.19. The smallest absolute Gasteiger partial charge is 0.0300 e. The van der Waals surface area contributed by atoms with Crippen LogP contribution in [0.3, 0.4) is 0 Å². The minimum absolute atomic E-state index is 0.688. The van der Waals surface area contributed by atoms with Gasteiger partial charge in [0.25, 0.3) is 0 Å². The van der Waals surface area contributed by atoms with E-state index in [0.29, 0.717) is 5.41 Å². The van der Waals surface area contributed by atoms with E-state index in [-0.39, 0.29) is 0 Å². The molecule has 1 aliphatic rings. The second-order valence-electron chi connectivity index (χ2n) is 4.55. The summed E-state index contributed by atoms with van der Waals surface area (Å²) in [6.07, 6.45) is 8.69. The maximum Gasteiger partial charge on any atom is -0.0300 e. The van der Waals surface area contributed by atoms with E-state index in [1.165, 1.54) is 38.5 Å². The van der Waals surface area contributed by atoms with Gasteiger partial charge in [0, 0.05) is 0 Å². The molecule has 0 heteroatoms. The standard InChI is InChI=1S/C11H22/c1-4-8-11(3)9-6-5-7-10(11)2/h10H,4-9H2,1-3H3/t10-,11?/m1/s1. The Labute approximate surface area is 71.4 Å². The fourth-order valence-electron chi connectivity index (χ4n) is 2.52. The fraction of sp³-hybridized carbons (Fsp3) is 1.00. The zero-order chi connectivity index (χ0) is 8.32. The molecule has 1 saturated carbocycles. The second kappa shape index (κ2) is 3.60. The minimum atomic E-state index is 0.688. The van der Waals surface area contributed by atoms with Crippen molar-refractivity contribution < 1.29 is 0 Å². The molecule has 11 heavy (non-hydrogen) atoms. The van der Waals surface area contributed by atoms with Gasteiger partial charge in [-0.25, -0.2) is 0 Å². The average Bonchev–Trinajstić information content (AvgIpc) is 1.96. The Morgan fingerprint density at radius 2 is 2.09 bits per heavy atom. The zero-order valence-electron chi connectivity index (χ0n) is 8.32. The first kappa shape index (κ1) is 9.09. The largest absolute Gasteiger partial charge is 0.0654 e. The van der Waals surface area contributed by atoms with E-state index in [0.717, 1.165) is 5.92 Å². The van der Waals surface area contributed by atoms with Gasteiger partial charge in [0.15, 0.2) is 0 Å². The Balaban J connectivity index is 2.49. The van der Waals surface area contributed by atoms with E-state index in [1.54, 1.807) is 0 Å². The van der Waals surface area contributed by atoms with Crippen LogP contribution >= 0.6 is 0 Å². The Bertz CT molecular complexity index is 113. The molecule has 0 aromatic heterocycles. The molecule has 0 aliphatic heterocycles. The van der Waals surface area contributed by atoms with Crippen LogP contribution in [0.4, 0.5) is 0 Å². The van der Waals surface area contributed by atoms with Gasteiger partial charge < -0.3 is 0 Å². The summed E-state index contributed by atoms with van der Waals surface area (Å²) in [6.45, 7) is 7.24. The van der Waals surface area contributed by atoms with Crippen LogP contribution in [0.5, 0.6) is 0 Å². The summed E-state index contributed by atoms with van der Waals surface area (Å²) in [4.78, 5) is 0. The molecule has 0 N–H and O–H groups in total. The molecule has 0 radical (unpaired) electrons. The molecule has 0 aromatic rings. The Kier molecular flexibility index (Phi) is 2.98. The summed E-state index contributed by atoms with van der Waals surface area (Å²) in [5.41, 5.74) is 0.688. The lowest BCUT2D eigenvalue weighted by Gasteiger charge is -2.39. The molecular weight excluding hydrogens is 132 g/mol. The zero-order valence-corrected chi connectivity index (χ0v) is 8.32. The SMILES string of the molecule is CCCC1(C)CCCC[C@H]1C. The van der Waals surface area contributed by atoms with Crippen LogP contribution in [0.2, 0.25) is 0 Å². The number of hydrogen-bond acceptors (Lipinski definition) is 0. The monoisotopic (exact) mass is 154 g/mol. The third-order valence-corrected chi connectivity index (χ3v) is 3.65. The predicted octanol–water partition coefficient (Wildman–Crippen LogP) is 4.00. The highest BCUT2D eigenvalue weighted by molar-refractivity contribution is 4.83. The van der Waals surface area contributed by atoms with Gasteiger partial charge in [-0.2, -0.15) is 0 Å². The maximum absolute atomic E-state index is 2.49. The van der Waals surface area contributed by atoms with Crippen LogP contribution in [0, 0.1) is 11.3 Å². The molecule has 0 aromatic carbocycles. The van der Waals surface area contributed by atoms with Crippen LogP contribution in [-0.2, 0) is 0 Å². The van der Waals surface area contributed by atoms with Gasteiger partial charge in [-0.3, -0.25) is 0 Å². The van der Waals surface area contributed by atoms with Gasteiger partial charge in [-0.05, 0) is 24.2 Å². The van der Waals surface area contributed by atoms with E-state index < -0.39 is 0 Å². The summed E-state index contributed by atoms with van der Waals surface area (Å²) in [6, 6.07) is 0. The van der Waals surface area contributed by atoms with E-state index in [4.69, 9.17) is 0 Å². The summed E-state index contributed by atoms with van der Waals surface area (Å²) in [7, 11) is 0. The molecular formula is C11H22. The van der Waals surface area contributed by atoms with E-state index >= 15 is 0 Å². The molecule has 2 atom stereocenters. The molecule has 1 unspecified atom stereocenters. The Morgan fingerprint density at radius 1 is 1.36 bits per heavy atom. The van der Waals surface area contributed by atoms with Gasteiger partial charge in [-0.15, -0.1) is 0 Å². The van der Waals surface area contributed by atoms with Gasteiger partial charge in [0.05, 0.1) is 0 Å². The van der Waals surface area contributed by atoms with Crippen molar-refractivity contribution in [2.24, 2.45) is 11.3 Å². The first-order valence-electron chi connectivity index (χ1n) is 5.19. The highest BCUT2D eigenvalue weighted by atomic mass is 14.4. The second-order valence-corrected chi connectivity index (χ2v) is 4.55. The van der Waals surface area contributed by atoms with Gasteiger partial charge in [-0.1, -0.05) is 46.5 Å². The van der Waals surface area contributed by atoms with Crippen LogP contribution in [0.25, 0.3) is 0 Å². The molecule has 0 spiro atoms. The van der Waals surface area contributed by atoms with Crippen molar-refractivity contribution in [3.63, 3.8) is 0 Å². The average molecular weight is 154 g/mol. The lowest BCUT2D eigenvalue weighted by atomic mass is 9.66. The van der Waals surface area contributed by atoms with Crippen molar-refractivity contribution in [3.8, 4) is 0 Å². The maximum atomic E-state index is 2.49. The quantitative estimate of drug-likeness (QED) is 0.564. The van der Waals surface area contributed by atoms with Crippen LogP contribution < -0.4 is 0 Å². The normalized spacial score (nSPS) is 39.0. The highest BCUT2D eigenvalue weighted by Crippen LogP contribution is 2.43. The molecule has 1 rings (SSSR count). The van der Waals surface area contributed by atoms with Crippen LogP contribution in [-0.4, -0.2) is 0 Å². The van der Waals surface area contributed by atoms with Crippen molar-refractivity contribution in [1.82, 2.24) is 0 Å². The first-order chi connectivity index (χ1) is 5.19. The lowest BCUT2D eigenvalue weighted by molar-refractivity contribution is 0.117. The molecule has 66 valence electrons. The van der Waals surface area contributed by atoms with Crippen molar-refractivity contribution in [2.75, 3.05) is 0 Å². The van der Waals surface area contributed by atoms with Crippen molar-refractivity contribution in [2.45, 2.75) is 59.3 Å². The Morgan fingerprint density at radius 3 is 2.64 bits per heavy atom. The van der Waals surface area contributed by atoms with E-state index in [1.807, 2.05) is 0 Å². The minimum Gasteiger partial charge on any atom is -0.0654 e. The molecule has 0 saturated heterocycles. The fourth-order valence-corrected chi connectivity index (χ4v) is 2.52. The molecule has 0 heterocycles. The molecule has 1 fully saturated rings. The van der Waals surface area contributed by atoms with Crippen molar-refractivity contribution in [3.05, 3.63) is 0 Å². The van der Waals surface area contributed by atoms with Gasteiger partial charge in [0.1, 0.15) is 0 Å². The van der Waals surface area contributed by atoms with Crippen LogP contribution in [0.1, 0.15) is 59.3 Å².